The molecule has 3 aromatic heterocycles. The van der Waals surface area contributed by atoms with Crippen LogP contribution in [-0.2, 0) is 6.42 Å². The van der Waals surface area contributed by atoms with Gasteiger partial charge in [0.15, 0.2) is 0 Å². The van der Waals surface area contributed by atoms with E-state index in [0.29, 0.717) is 17.8 Å². The number of benzene rings is 1. The van der Waals surface area contributed by atoms with Crippen molar-refractivity contribution in [1.29, 1.82) is 0 Å². The number of nitro benzene ring substituents is 1. The number of rotatable bonds is 6. The first-order valence-corrected chi connectivity index (χ1v) is 10.1. The van der Waals surface area contributed by atoms with Gasteiger partial charge in [-0.3, -0.25) is 24.7 Å². The van der Waals surface area contributed by atoms with E-state index in [4.69, 9.17) is 0 Å². The number of para-hydroxylation sites is 1. The molecule has 0 unspecified atom stereocenters. The summed E-state index contributed by atoms with van der Waals surface area (Å²) in [5.74, 6) is -0.340. The van der Waals surface area contributed by atoms with Crippen molar-refractivity contribution in [2.24, 2.45) is 0 Å². The van der Waals surface area contributed by atoms with Crippen LogP contribution in [0.5, 0.6) is 0 Å². The summed E-state index contributed by atoms with van der Waals surface area (Å²) in [4.78, 5) is 43.4. The fraction of sp³-hybridized carbons (Fsp3) is 0.100. The first-order chi connectivity index (χ1) is 15.0. The Kier molecular flexibility index (Phi) is 5.41. The molecule has 2 N–H and O–H groups in total. The number of aromatic nitrogens is 4. The van der Waals surface area contributed by atoms with E-state index < -0.39 is 10.8 Å². The van der Waals surface area contributed by atoms with E-state index in [2.05, 4.69) is 20.4 Å². The molecule has 10 nitrogen and oxygen atoms in total. The van der Waals surface area contributed by atoms with E-state index in [9.17, 15) is 19.7 Å². The smallest absolute Gasteiger partial charge is 0.282 e. The van der Waals surface area contributed by atoms with Gasteiger partial charge in [0.2, 0.25) is 5.95 Å². The zero-order chi connectivity index (χ0) is 22.0. The molecule has 0 saturated heterocycles. The molecule has 0 aliphatic carbocycles. The van der Waals surface area contributed by atoms with Gasteiger partial charge in [0.1, 0.15) is 17.1 Å². The van der Waals surface area contributed by atoms with Gasteiger partial charge in [-0.1, -0.05) is 25.1 Å². The number of carbonyl (C=O) groups is 1. The Morgan fingerprint density at radius 1 is 1.26 bits per heavy atom. The monoisotopic (exact) mass is 436 g/mol. The Bertz CT molecular complexity index is 1330. The van der Waals surface area contributed by atoms with Crippen molar-refractivity contribution in [3.63, 3.8) is 0 Å². The number of thiophene rings is 1. The van der Waals surface area contributed by atoms with Gasteiger partial charge in [-0.05, 0) is 23.9 Å². The van der Waals surface area contributed by atoms with Gasteiger partial charge in [0, 0.05) is 23.9 Å². The summed E-state index contributed by atoms with van der Waals surface area (Å²) in [7, 11) is 0. The maximum Gasteiger partial charge on any atom is 0.282 e. The average molecular weight is 436 g/mol. The molecule has 3 heterocycles. The summed E-state index contributed by atoms with van der Waals surface area (Å²) in [6.07, 6.45) is 0.536. The fourth-order valence-corrected chi connectivity index (χ4v) is 3.64. The van der Waals surface area contributed by atoms with E-state index in [1.54, 1.807) is 12.1 Å². The molecule has 156 valence electrons. The molecule has 0 aliphatic rings. The molecule has 0 aliphatic heterocycles. The highest BCUT2D eigenvalue weighted by atomic mass is 32.1. The van der Waals surface area contributed by atoms with Crippen molar-refractivity contribution in [1.82, 2.24) is 19.7 Å². The van der Waals surface area contributed by atoms with Gasteiger partial charge >= 0.3 is 0 Å². The topological polar surface area (TPSA) is 136 Å². The highest BCUT2D eigenvalue weighted by Gasteiger charge is 2.22. The van der Waals surface area contributed by atoms with Gasteiger partial charge in [0.25, 0.3) is 17.2 Å². The molecule has 1 aromatic carbocycles. The number of hydrogen-bond acceptors (Lipinski definition) is 7. The maximum absolute atomic E-state index is 12.9. The molecule has 31 heavy (non-hydrogen) atoms. The number of nitrogens with zero attached hydrogens (tertiary/aromatic N) is 4. The number of H-pyrrole nitrogens is 1. The van der Waals surface area contributed by atoms with Gasteiger partial charge in [-0.15, -0.1) is 11.3 Å². The molecular formula is C20H16N6O4S. The highest BCUT2D eigenvalue weighted by Crippen LogP contribution is 2.28. The maximum atomic E-state index is 12.9. The second kappa shape index (κ2) is 8.32. The minimum Gasteiger partial charge on any atom is -0.306 e. The lowest BCUT2D eigenvalue weighted by atomic mass is 10.1. The lowest BCUT2D eigenvalue weighted by molar-refractivity contribution is -0.385. The fourth-order valence-electron chi connectivity index (χ4n) is 2.96. The lowest BCUT2D eigenvalue weighted by Gasteiger charge is -2.09. The normalized spacial score (nSPS) is 10.7. The Morgan fingerprint density at radius 2 is 2.06 bits per heavy atom. The van der Waals surface area contributed by atoms with Gasteiger partial charge in [0.05, 0.1) is 9.80 Å². The van der Waals surface area contributed by atoms with E-state index in [1.165, 1.54) is 40.3 Å². The highest BCUT2D eigenvalue weighted by molar-refractivity contribution is 7.13. The van der Waals surface area contributed by atoms with E-state index in [0.717, 1.165) is 4.88 Å². The standard InChI is InChI=1S/C20H16N6O4S/c1-2-12-10-18(27)23-20(21-12)25-17(11-14(24-25)16-8-5-9-31-16)22-19(28)13-6-3-4-7-15(13)26(29)30/h3-11H,2H2,1H3,(H,22,28)(H,21,23,27). The van der Waals surface area contributed by atoms with Crippen LogP contribution in [0.4, 0.5) is 11.5 Å². The largest absolute Gasteiger partial charge is 0.306 e. The van der Waals surface area contributed by atoms with E-state index in [-0.39, 0.29) is 28.6 Å². The molecule has 4 rings (SSSR count). The Balaban J connectivity index is 1.80. The van der Waals surface area contributed by atoms with E-state index >= 15 is 0 Å². The number of nitrogens with one attached hydrogen (secondary N) is 2. The quantitative estimate of drug-likeness (QED) is 0.351. The molecule has 0 atom stereocenters. The van der Waals surface area contributed by atoms with Crippen LogP contribution in [0.15, 0.2) is 58.7 Å². The Hall–Kier alpha value is -4.12. The zero-order valence-corrected chi connectivity index (χ0v) is 17.0. The summed E-state index contributed by atoms with van der Waals surface area (Å²) in [5.41, 5.74) is 0.344. The van der Waals surface area contributed by atoms with Crippen LogP contribution in [-0.4, -0.2) is 30.6 Å². The van der Waals surface area contributed by atoms with Crippen LogP contribution in [0, 0.1) is 10.1 Å². The molecule has 0 radical (unpaired) electrons. The second-order valence-electron chi connectivity index (χ2n) is 6.45. The summed E-state index contributed by atoms with van der Waals surface area (Å²) in [6, 6.07) is 12.4. The molecule has 0 saturated carbocycles. The van der Waals surface area contributed by atoms with Gasteiger partial charge in [-0.25, -0.2) is 4.98 Å². The van der Waals surface area contributed by atoms with E-state index in [1.807, 2.05) is 24.4 Å². The predicted molar refractivity (Wildman–Crippen MR) is 116 cm³/mol. The number of nitro groups is 1. The molecule has 0 spiro atoms. The summed E-state index contributed by atoms with van der Waals surface area (Å²) < 4.78 is 1.31. The van der Waals surface area contributed by atoms with Crippen LogP contribution < -0.4 is 10.9 Å². The average Bonchev–Trinajstić information content (AvgIpc) is 3.43. The summed E-state index contributed by atoms with van der Waals surface area (Å²) >= 11 is 1.46. The van der Waals surface area contributed by atoms with Gasteiger partial charge < -0.3 is 5.32 Å². The van der Waals surface area contributed by atoms with Gasteiger partial charge in [-0.2, -0.15) is 9.78 Å². The van der Waals surface area contributed by atoms with Crippen molar-refractivity contribution in [2.75, 3.05) is 5.32 Å². The summed E-state index contributed by atoms with van der Waals surface area (Å²) in [6.45, 7) is 1.86. The summed E-state index contributed by atoms with van der Waals surface area (Å²) in [5, 5.41) is 20.3. The minimum atomic E-state index is -0.680. The number of aromatic amines is 1. The predicted octanol–water partition coefficient (Wildman–Crippen LogP) is 3.41. The van der Waals surface area contributed by atoms with Crippen molar-refractivity contribution < 1.29 is 9.72 Å². The first kappa shape index (κ1) is 20.2. The van der Waals surface area contributed by atoms with Crippen molar-refractivity contribution >= 4 is 28.7 Å². The Labute approximate surface area is 179 Å². The molecular weight excluding hydrogens is 420 g/mol. The number of anilines is 1. The van der Waals surface area contributed by atoms with Crippen molar-refractivity contribution in [3.8, 4) is 16.5 Å². The number of hydrogen-bond donors (Lipinski definition) is 2. The van der Waals surface area contributed by atoms with Crippen LogP contribution >= 0.6 is 11.3 Å². The first-order valence-electron chi connectivity index (χ1n) is 9.25. The van der Waals surface area contributed by atoms with Crippen LogP contribution in [0.3, 0.4) is 0 Å². The molecule has 1 amide bonds. The minimum absolute atomic E-state index is 0.0957. The lowest BCUT2D eigenvalue weighted by Crippen LogP contribution is -2.19. The zero-order valence-electron chi connectivity index (χ0n) is 16.2. The molecule has 4 aromatic rings. The van der Waals surface area contributed by atoms with Crippen LogP contribution in [0.1, 0.15) is 23.0 Å². The number of carbonyl (C=O) groups excluding carboxylic acids is 1. The SMILES string of the molecule is CCc1cc(=O)[nH]c(-n2nc(-c3cccs3)cc2NC(=O)c2ccccc2[N+](=O)[O-])n1. The number of aryl methyl sites for hydroxylation is 1. The van der Waals surface area contributed by atoms with Crippen LogP contribution in [0.25, 0.3) is 16.5 Å². The van der Waals surface area contributed by atoms with Crippen molar-refractivity contribution in [2.45, 2.75) is 13.3 Å². The Morgan fingerprint density at radius 3 is 2.77 bits per heavy atom. The third-order valence-electron chi connectivity index (χ3n) is 4.42. The number of amides is 1. The molecule has 0 bridgehead atoms. The van der Waals surface area contributed by atoms with Crippen LogP contribution in [0.2, 0.25) is 0 Å². The third kappa shape index (κ3) is 4.12. The van der Waals surface area contributed by atoms with Crippen molar-refractivity contribution in [3.05, 3.63) is 85.6 Å². The third-order valence-corrected chi connectivity index (χ3v) is 5.31. The second-order valence-corrected chi connectivity index (χ2v) is 7.39. The molecule has 0 fully saturated rings. The molecule has 11 heteroatoms.